The quantitative estimate of drug-likeness (QED) is 0.722. The first kappa shape index (κ1) is 19.6. The van der Waals surface area contributed by atoms with Gasteiger partial charge in [0.25, 0.3) is 0 Å². The van der Waals surface area contributed by atoms with Crippen LogP contribution in [0, 0.1) is 27.7 Å². The summed E-state index contributed by atoms with van der Waals surface area (Å²) in [5.74, 6) is 0.174. The van der Waals surface area contributed by atoms with Crippen molar-refractivity contribution in [3.05, 3.63) is 50.7 Å². The first-order chi connectivity index (χ1) is 12.9. The van der Waals surface area contributed by atoms with Crippen molar-refractivity contribution in [1.82, 2.24) is 4.90 Å². The predicted molar refractivity (Wildman–Crippen MR) is 112 cm³/mol. The molecule has 0 bridgehead atoms. The Hall–Kier alpha value is -2.14. The SMILES string of the molecule is Cc1cc(C(=O)CCC(=O)N2CCN(c3cccc(C)c3C)CC2)c(C)s1. The molecule has 1 aliphatic heterocycles. The zero-order valence-corrected chi connectivity index (χ0v) is 17.5. The normalized spacial score (nSPS) is 14.5. The second-order valence-corrected chi connectivity index (χ2v) is 8.80. The van der Waals surface area contributed by atoms with Gasteiger partial charge >= 0.3 is 0 Å². The molecule has 0 radical (unpaired) electrons. The van der Waals surface area contributed by atoms with Crippen molar-refractivity contribution in [3.63, 3.8) is 0 Å². The number of piperazine rings is 1. The number of amides is 1. The monoisotopic (exact) mass is 384 g/mol. The highest BCUT2D eigenvalue weighted by Gasteiger charge is 2.23. The first-order valence-corrected chi connectivity index (χ1v) is 10.4. The summed E-state index contributed by atoms with van der Waals surface area (Å²) in [7, 11) is 0. The number of Topliss-reactive ketones (excluding diaryl/α,β-unsaturated/α-hetero) is 1. The summed E-state index contributed by atoms with van der Waals surface area (Å²) >= 11 is 1.64. The fourth-order valence-corrected chi connectivity index (χ4v) is 4.64. The molecule has 1 aromatic heterocycles. The van der Waals surface area contributed by atoms with E-state index < -0.39 is 0 Å². The van der Waals surface area contributed by atoms with Gasteiger partial charge in [0, 0.05) is 60.0 Å². The van der Waals surface area contributed by atoms with Gasteiger partial charge in [0.2, 0.25) is 5.91 Å². The van der Waals surface area contributed by atoms with Crippen molar-refractivity contribution < 1.29 is 9.59 Å². The van der Waals surface area contributed by atoms with Crippen molar-refractivity contribution in [2.75, 3.05) is 31.1 Å². The van der Waals surface area contributed by atoms with E-state index in [1.165, 1.54) is 16.8 Å². The van der Waals surface area contributed by atoms with Gasteiger partial charge in [0.05, 0.1) is 0 Å². The molecule has 2 aromatic rings. The minimum absolute atomic E-state index is 0.0826. The van der Waals surface area contributed by atoms with Gasteiger partial charge in [0.15, 0.2) is 5.78 Å². The molecule has 27 heavy (non-hydrogen) atoms. The Balaban J connectivity index is 1.52. The Morgan fingerprint density at radius 2 is 1.70 bits per heavy atom. The van der Waals surface area contributed by atoms with Gasteiger partial charge < -0.3 is 9.80 Å². The molecule has 144 valence electrons. The molecule has 1 aliphatic rings. The summed E-state index contributed by atoms with van der Waals surface area (Å²) in [6, 6.07) is 8.32. The zero-order chi connectivity index (χ0) is 19.6. The van der Waals surface area contributed by atoms with Crippen LogP contribution < -0.4 is 4.90 Å². The lowest BCUT2D eigenvalue weighted by molar-refractivity contribution is -0.131. The number of thiophene rings is 1. The molecular weight excluding hydrogens is 356 g/mol. The lowest BCUT2D eigenvalue weighted by Gasteiger charge is -2.37. The van der Waals surface area contributed by atoms with Gasteiger partial charge in [-0.25, -0.2) is 0 Å². The minimum atomic E-state index is 0.0826. The molecule has 2 heterocycles. The largest absolute Gasteiger partial charge is 0.368 e. The number of hydrogen-bond donors (Lipinski definition) is 0. The van der Waals surface area contributed by atoms with E-state index in [1.54, 1.807) is 11.3 Å². The third-order valence-corrected chi connectivity index (χ3v) is 6.42. The van der Waals surface area contributed by atoms with Gasteiger partial charge in [-0.3, -0.25) is 9.59 Å². The second-order valence-electron chi connectivity index (χ2n) is 7.34. The molecule has 0 saturated carbocycles. The van der Waals surface area contributed by atoms with E-state index in [-0.39, 0.29) is 11.7 Å². The summed E-state index contributed by atoms with van der Waals surface area (Å²) in [4.78, 5) is 31.4. The first-order valence-electron chi connectivity index (χ1n) is 9.56. The highest BCUT2D eigenvalue weighted by molar-refractivity contribution is 7.12. The number of anilines is 1. The van der Waals surface area contributed by atoms with Gasteiger partial charge in [-0.2, -0.15) is 0 Å². The van der Waals surface area contributed by atoms with Crippen molar-refractivity contribution in [2.24, 2.45) is 0 Å². The van der Waals surface area contributed by atoms with Gasteiger partial charge in [-0.15, -0.1) is 11.3 Å². The molecular formula is C22H28N2O2S. The lowest BCUT2D eigenvalue weighted by Crippen LogP contribution is -2.49. The number of nitrogens with zero attached hydrogens (tertiary/aromatic N) is 2. The molecule has 0 N–H and O–H groups in total. The summed E-state index contributed by atoms with van der Waals surface area (Å²) in [6.07, 6.45) is 0.601. The van der Waals surface area contributed by atoms with Gasteiger partial charge in [-0.1, -0.05) is 12.1 Å². The number of benzene rings is 1. The molecule has 1 aromatic carbocycles. The highest BCUT2D eigenvalue weighted by Crippen LogP contribution is 2.25. The van der Waals surface area contributed by atoms with E-state index in [1.807, 2.05) is 24.8 Å². The third kappa shape index (κ3) is 4.41. The zero-order valence-electron chi connectivity index (χ0n) is 16.7. The number of carbonyl (C=O) groups excluding carboxylic acids is 2. The second kappa shape index (κ2) is 8.26. The van der Waals surface area contributed by atoms with E-state index in [2.05, 4.69) is 36.9 Å². The molecule has 4 nitrogen and oxygen atoms in total. The van der Waals surface area contributed by atoms with Crippen LogP contribution >= 0.6 is 11.3 Å². The standard InChI is InChI=1S/C22H28N2O2S/c1-15-6-5-7-20(17(15)3)23-10-12-24(13-11-23)22(26)9-8-21(25)19-14-16(2)27-18(19)4/h5-7,14H,8-13H2,1-4H3. The summed E-state index contributed by atoms with van der Waals surface area (Å²) in [6.45, 7) is 11.4. The molecule has 1 saturated heterocycles. The van der Waals surface area contributed by atoms with E-state index in [4.69, 9.17) is 0 Å². The van der Waals surface area contributed by atoms with Crippen molar-refractivity contribution in [3.8, 4) is 0 Å². The molecule has 0 atom stereocenters. The van der Waals surface area contributed by atoms with Crippen molar-refractivity contribution in [2.45, 2.75) is 40.5 Å². The van der Waals surface area contributed by atoms with E-state index in [0.29, 0.717) is 12.8 Å². The fraction of sp³-hybridized carbons (Fsp3) is 0.455. The van der Waals surface area contributed by atoms with Gasteiger partial charge in [0.1, 0.15) is 0 Å². The van der Waals surface area contributed by atoms with Crippen LogP contribution in [0.2, 0.25) is 0 Å². The number of carbonyl (C=O) groups is 2. The topological polar surface area (TPSA) is 40.6 Å². The van der Waals surface area contributed by atoms with E-state index >= 15 is 0 Å². The Labute approximate surface area is 165 Å². The van der Waals surface area contributed by atoms with Crippen LogP contribution in [0.15, 0.2) is 24.3 Å². The maximum absolute atomic E-state index is 12.5. The maximum Gasteiger partial charge on any atom is 0.223 e. The van der Waals surface area contributed by atoms with Crippen LogP contribution in [0.5, 0.6) is 0 Å². The third-order valence-electron chi connectivity index (χ3n) is 5.46. The Bertz CT molecular complexity index is 848. The predicted octanol–water partition coefficient (Wildman–Crippen LogP) is 4.29. The van der Waals surface area contributed by atoms with Crippen LogP contribution in [0.1, 0.15) is 44.1 Å². The van der Waals surface area contributed by atoms with Crippen LogP contribution in [0.25, 0.3) is 0 Å². The number of ketones is 1. The molecule has 0 spiro atoms. The van der Waals surface area contributed by atoms with E-state index in [9.17, 15) is 9.59 Å². The molecule has 0 aliphatic carbocycles. The summed E-state index contributed by atoms with van der Waals surface area (Å²) in [5.41, 5.74) is 4.65. The molecule has 5 heteroatoms. The van der Waals surface area contributed by atoms with Crippen LogP contribution in [-0.4, -0.2) is 42.8 Å². The fourth-order valence-electron chi connectivity index (χ4n) is 3.70. The average Bonchev–Trinajstić information content (AvgIpc) is 3.00. The van der Waals surface area contributed by atoms with Gasteiger partial charge in [-0.05, 0) is 51.0 Å². The maximum atomic E-state index is 12.5. The Morgan fingerprint density at radius 1 is 1.00 bits per heavy atom. The number of hydrogen-bond acceptors (Lipinski definition) is 4. The Kier molecular flexibility index (Phi) is 6.00. The smallest absolute Gasteiger partial charge is 0.223 e. The molecule has 1 amide bonds. The summed E-state index contributed by atoms with van der Waals surface area (Å²) in [5, 5.41) is 0. The Morgan fingerprint density at radius 3 is 2.33 bits per heavy atom. The van der Waals surface area contributed by atoms with Crippen LogP contribution in [-0.2, 0) is 4.79 Å². The van der Waals surface area contributed by atoms with Crippen LogP contribution in [0.3, 0.4) is 0 Å². The van der Waals surface area contributed by atoms with Crippen LogP contribution in [0.4, 0.5) is 5.69 Å². The van der Waals surface area contributed by atoms with E-state index in [0.717, 1.165) is 41.5 Å². The highest BCUT2D eigenvalue weighted by atomic mass is 32.1. The molecule has 1 fully saturated rings. The molecule has 3 rings (SSSR count). The molecule has 0 unspecified atom stereocenters. The number of aryl methyl sites for hydroxylation is 3. The minimum Gasteiger partial charge on any atom is -0.368 e. The van der Waals surface area contributed by atoms with Crippen molar-refractivity contribution >= 4 is 28.7 Å². The van der Waals surface area contributed by atoms with Crippen molar-refractivity contribution in [1.29, 1.82) is 0 Å². The lowest BCUT2D eigenvalue weighted by atomic mass is 10.1. The number of rotatable bonds is 5. The summed E-state index contributed by atoms with van der Waals surface area (Å²) < 4.78 is 0. The average molecular weight is 385 g/mol.